The molecule has 0 aliphatic carbocycles. The number of rotatable bonds is 1. The van der Waals surface area contributed by atoms with E-state index in [1.165, 1.54) is 0 Å². The van der Waals surface area contributed by atoms with Crippen LogP contribution in [0.2, 0.25) is 0 Å². The van der Waals surface area contributed by atoms with Crippen LogP contribution in [0.4, 0.5) is 0 Å². The summed E-state index contributed by atoms with van der Waals surface area (Å²) in [5.74, 6) is 0.467. The quantitative estimate of drug-likeness (QED) is 0.691. The van der Waals surface area contributed by atoms with Gasteiger partial charge in [-0.1, -0.05) is 28.1 Å². The Morgan fingerprint density at radius 3 is 2.31 bits per heavy atom. The first-order valence-corrected chi connectivity index (χ1v) is 10.4. The molecule has 2 aliphatic heterocycles. The summed E-state index contributed by atoms with van der Waals surface area (Å²) in [5.41, 5.74) is 1.29. The number of amides is 1. The first-order valence-electron chi connectivity index (χ1n) is 8.20. The Kier molecular flexibility index (Phi) is 4.32. The molecule has 0 unspecified atom stereocenters. The van der Waals surface area contributed by atoms with Crippen LogP contribution in [0.25, 0.3) is 0 Å². The highest BCUT2D eigenvalue weighted by molar-refractivity contribution is 9.10. The molecule has 134 valence electrons. The molecule has 0 saturated carbocycles. The molecule has 4 rings (SSSR count). The summed E-state index contributed by atoms with van der Waals surface area (Å²) in [7, 11) is -3.62. The van der Waals surface area contributed by atoms with Crippen molar-refractivity contribution in [1.29, 1.82) is 0 Å². The van der Waals surface area contributed by atoms with E-state index in [2.05, 4.69) is 20.3 Å². The van der Waals surface area contributed by atoms with Gasteiger partial charge in [-0.05, 0) is 36.4 Å². The minimum absolute atomic E-state index is 0.0152. The number of piperazine rings is 1. The van der Waals surface area contributed by atoms with E-state index in [1.807, 2.05) is 23.1 Å². The van der Waals surface area contributed by atoms with Crippen molar-refractivity contribution in [3.63, 3.8) is 0 Å². The number of sulfonamides is 1. The van der Waals surface area contributed by atoms with Crippen molar-refractivity contribution in [1.82, 2.24) is 9.80 Å². The fourth-order valence-corrected chi connectivity index (χ4v) is 4.70. The van der Waals surface area contributed by atoms with Gasteiger partial charge in [0.05, 0.1) is 0 Å². The summed E-state index contributed by atoms with van der Waals surface area (Å²) in [5, 5.41) is 0. The van der Waals surface area contributed by atoms with Crippen molar-refractivity contribution in [2.24, 2.45) is 4.40 Å². The molecule has 2 aliphatic rings. The van der Waals surface area contributed by atoms with E-state index in [0.29, 0.717) is 43.1 Å². The van der Waals surface area contributed by atoms with E-state index in [9.17, 15) is 13.2 Å². The van der Waals surface area contributed by atoms with E-state index >= 15 is 0 Å². The minimum Gasteiger partial charge on any atom is -0.352 e. The predicted molar refractivity (Wildman–Crippen MR) is 102 cm³/mol. The Balaban J connectivity index is 1.49. The number of hydrogen-bond acceptors (Lipinski definition) is 4. The Bertz CT molecular complexity index is 995. The molecule has 6 nitrogen and oxygen atoms in total. The summed E-state index contributed by atoms with van der Waals surface area (Å²) in [6, 6.07) is 14.1. The smallest absolute Gasteiger partial charge is 0.285 e. The lowest BCUT2D eigenvalue weighted by Crippen LogP contribution is -2.50. The van der Waals surface area contributed by atoms with E-state index < -0.39 is 10.0 Å². The van der Waals surface area contributed by atoms with Crippen molar-refractivity contribution in [2.45, 2.75) is 4.90 Å². The van der Waals surface area contributed by atoms with E-state index in [0.717, 1.165) is 4.47 Å². The zero-order valence-electron chi connectivity index (χ0n) is 13.8. The minimum atomic E-state index is -3.62. The molecule has 26 heavy (non-hydrogen) atoms. The molecule has 1 amide bonds. The molecule has 0 radical (unpaired) electrons. The first kappa shape index (κ1) is 17.2. The highest BCUT2D eigenvalue weighted by Crippen LogP contribution is 2.28. The van der Waals surface area contributed by atoms with Crippen LogP contribution < -0.4 is 0 Å². The van der Waals surface area contributed by atoms with Gasteiger partial charge in [-0.2, -0.15) is 8.42 Å². The molecule has 2 heterocycles. The van der Waals surface area contributed by atoms with Crippen LogP contribution in [-0.2, 0) is 10.0 Å². The van der Waals surface area contributed by atoms with Crippen LogP contribution in [0.1, 0.15) is 15.9 Å². The van der Waals surface area contributed by atoms with Crippen molar-refractivity contribution < 1.29 is 13.2 Å². The molecular weight excluding hydrogens is 418 g/mol. The van der Waals surface area contributed by atoms with Gasteiger partial charge in [0.25, 0.3) is 15.9 Å². The monoisotopic (exact) mass is 433 g/mol. The molecule has 0 atom stereocenters. The number of halogens is 1. The van der Waals surface area contributed by atoms with Gasteiger partial charge in [0.1, 0.15) is 4.90 Å². The van der Waals surface area contributed by atoms with Crippen LogP contribution in [0, 0.1) is 0 Å². The Labute approximate surface area is 160 Å². The lowest BCUT2D eigenvalue weighted by atomic mass is 10.1. The standard InChI is InChI=1S/C18H16BrN3O3S/c19-14-7-5-13(6-8-14)18(23)22-11-9-21(10-12-22)17-15-3-1-2-4-16(15)26(24,25)20-17/h1-8H,9-12H2. The number of fused-ring (bicyclic) bond motifs is 1. The highest BCUT2D eigenvalue weighted by Gasteiger charge is 2.33. The van der Waals surface area contributed by atoms with Crippen molar-refractivity contribution in [3.05, 3.63) is 64.1 Å². The first-order chi connectivity index (χ1) is 12.5. The maximum atomic E-state index is 12.6. The number of amidine groups is 1. The molecule has 1 fully saturated rings. The average Bonchev–Trinajstić information content (AvgIpc) is 2.94. The summed E-state index contributed by atoms with van der Waals surface area (Å²) in [6.07, 6.45) is 0. The van der Waals surface area contributed by atoms with E-state index in [1.54, 1.807) is 35.2 Å². The molecule has 8 heteroatoms. The zero-order valence-corrected chi connectivity index (χ0v) is 16.2. The van der Waals surface area contributed by atoms with Gasteiger partial charge in [-0.25, -0.2) is 0 Å². The summed E-state index contributed by atoms with van der Waals surface area (Å²) in [6.45, 7) is 2.14. The largest absolute Gasteiger partial charge is 0.352 e. The third kappa shape index (κ3) is 3.03. The van der Waals surface area contributed by atoms with Gasteiger partial charge in [0.15, 0.2) is 5.84 Å². The molecular formula is C18H16BrN3O3S. The highest BCUT2D eigenvalue weighted by atomic mass is 79.9. The average molecular weight is 434 g/mol. The lowest BCUT2D eigenvalue weighted by molar-refractivity contribution is 0.0692. The topological polar surface area (TPSA) is 70.1 Å². The molecule has 2 aromatic carbocycles. The molecule has 2 aromatic rings. The maximum Gasteiger partial charge on any atom is 0.285 e. The molecule has 0 aromatic heterocycles. The van der Waals surface area contributed by atoms with Gasteiger partial charge in [0.2, 0.25) is 0 Å². The van der Waals surface area contributed by atoms with E-state index in [4.69, 9.17) is 0 Å². The van der Waals surface area contributed by atoms with Crippen LogP contribution in [0.15, 0.2) is 62.3 Å². The van der Waals surface area contributed by atoms with Crippen LogP contribution in [0.5, 0.6) is 0 Å². The van der Waals surface area contributed by atoms with Gasteiger partial charge >= 0.3 is 0 Å². The summed E-state index contributed by atoms with van der Waals surface area (Å²) >= 11 is 3.36. The number of benzene rings is 2. The second kappa shape index (κ2) is 6.51. The number of carbonyl (C=O) groups is 1. The fraction of sp³-hybridized carbons (Fsp3) is 0.222. The molecule has 0 N–H and O–H groups in total. The Morgan fingerprint density at radius 2 is 1.62 bits per heavy atom. The SMILES string of the molecule is O=C(c1ccc(Br)cc1)N1CCN(C2=NS(=O)(=O)c3ccccc32)CC1. The molecule has 0 bridgehead atoms. The predicted octanol–water partition coefficient (Wildman–Crippen LogP) is 2.36. The van der Waals surface area contributed by atoms with Crippen LogP contribution in [0.3, 0.4) is 0 Å². The third-order valence-corrected chi connectivity index (χ3v) is 6.42. The van der Waals surface area contributed by atoms with E-state index in [-0.39, 0.29) is 10.8 Å². The normalized spacial score (nSPS) is 18.4. The molecule has 0 spiro atoms. The number of hydrogen-bond donors (Lipinski definition) is 0. The van der Waals surface area contributed by atoms with Gasteiger partial charge in [0, 0.05) is 41.8 Å². The molecule has 1 saturated heterocycles. The summed E-state index contributed by atoms with van der Waals surface area (Å²) in [4.78, 5) is 16.6. The number of nitrogens with zero attached hydrogens (tertiary/aromatic N) is 3. The van der Waals surface area contributed by atoms with Crippen LogP contribution >= 0.6 is 15.9 Å². The summed E-state index contributed by atoms with van der Waals surface area (Å²) < 4.78 is 29.3. The second-order valence-electron chi connectivity index (χ2n) is 6.17. The zero-order chi connectivity index (χ0) is 18.3. The van der Waals surface area contributed by atoms with Gasteiger partial charge in [-0.15, -0.1) is 4.40 Å². The maximum absolute atomic E-state index is 12.6. The van der Waals surface area contributed by atoms with Crippen molar-refractivity contribution in [2.75, 3.05) is 26.2 Å². The lowest BCUT2D eigenvalue weighted by Gasteiger charge is -2.35. The third-order valence-electron chi connectivity index (χ3n) is 4.57. The van der Waals surface area contributed by atoms with Crippen molar-refractivity contribution >= 4 is 37.7 Å². The number of carbonyl (C=O) groups excluding carboxylic acids is 1. The van der Waals surface area contributed by atoms with Gasteiger partial charge < -0.3 is 9.80 Å². The van der Waals surface area contributed by atoms with Crippen LogP contribution in [-0.4, -0.2) is 56.1 Å². The second-order valence-corrected chi connectivity index (χ2v) is 8.66. The fourth-order valence-electron chi connectivity index (χ4n) is 3.21. The van der Waals surface area contributed by atoms with Crippen molar-refractivity contribution in [3.8, 4) is 0 Å². The Morgan fingerprint density at radius 1 is 0.962 bits per heavy atom. The van der Waals surface area contributed by atoms with Gasteiger partial charge in [-0.3, -0.25) is 4.79 Å². The Hall–Kier alpha value is -2.19.